The van der Waals surface area contributed by atoms with E-state index in [1.807, 2.05) is 24.5 Å². The first-order valence-corrected chi connectivity index (χ1v) is 8.76. The van der Waals surface area contributed by atoms with Gasteiger partial charge in [0.15, 0.2) is 5.92 Å². The Balaban J connectivity index is 1.97. The van der Waals surface area contributed by atoms with Crippen LogP contribution in [0.2, 0.25) is 0 Å². The first-order chi connectivity index (χ1) is 12.8. The number of esters is 1. The molecule has 0 radical (unpaired) electrons. The quantitative estimate of drug-likeness (QED) is 0.469. The number of rotatable bonds is 4. The van der Waals surface area contributed by atoms with E-state index in [4.69, 9.17) is 4.74 Å². The van der Waals surface area contributed by atoms with Gasteiger partial charge >= 0.3 is 5.97 Å². The van der Waals surface area contributed by atoms with Gasteiger partial charge in [-0.25, -0.2) is 4.39 Å². The van der Waals surface area contributed by atoms with Gasteiger partial charge < -0.3 is 9.30 Å². The SMILES string of the molecule is CCOC(=O)C1C(=O)/C(=C\c2cc(C)n(-c3ccc(F)cc3)c2C)N=C1C. The maximum Gasteiger partial charge on any atom is 0.322 e. The number of carbonyl (C=O) groups excluding carboxylic acids is 2. The molecule has 0 amide bonds. The summed E-state index contributed by atoms with van der Waals surface area (Å²) in [7, 11) is 0. The van der Waals surface area contributed by atoms with Gasteiger partial charge in [0.25, 0.3) is 0 Å². The van der Waals surface area contributed by atoms with Gasteiger partial charge in [-0.3, -0.25) is 14.6 Å². The van der Waals surface area contributed by atoms with E-state index in [1.165, 1.54) is 12.1 Å². The molecule has 140 valence electrons. The smallest absolute Gasteiger partial charge is 0.322 e. The zero-order valence-electron chi connectivity index (χ0n) is 15.7. The summed E-state index contributed by atoms with van der Waals surface area (Å²) < 4.78 is 20.2. The van der Waals surface area contributed by atoms with Crippen LogP contribution in [0.4, 0.5) is 4.39 Å². The van der Waals surface area contributed by atoms with Crippen molar-refractivity contribution in [3.63, 3.8) is 0 Å². The molecule has 1 atom stereocenters. The van der Waals surface area contributed by atoms with Gasteiger partial charge in [-0.1, -0.05) is 0 Å². The van der Waals surface area contributed by atoms with Crippen molar-refractivity contribution in [3.05, 3.63) is 58.8 Å². The van der Waals surface area contributed by atoms with E-state index < -0.39 is 11.9 Å². The number of nitrogens with zero attached hydrogens (tertiary/aromatic N) is 2. The fourth-order valence-electron chi connectivity index (χ4n) is 3.32. The van der Waals surface area contributed by atoms with E-state index in [-0.39, 0.29) is 23.9 Å². The second-order valence-electron chi connectivity index (χ2n) is 6.47. The van der Waals surface area contributed by atoms with E-state index in [0.29, 0.717) is 5.71 Å². The predicted molar refractivity (Wildman–Crippen MR) is 101 cm³/mol. The van der Waals surface area contributed by atoms with Gasteiger partial charge in [0.05, 0.1) is 6.61 Å². The third-order valence-electron chi connectivity index (χ3n) is 4.60. The Morgan fingerprint density at radius 1 is 1.26 bits per heavy atom. The first-order valence-electron chi connectivity index (χ1n) is 8.76. The molecule has 27 heavy (non-hydrogen) atoms. The molecule has 0 saturated heterocycles. The Hall–Kier alpha value is -3.02. The molecule has 1 aliphatic heterocycles. The van der Waals surface area contributed by atoms with E-state index in [0.717, 1.165) is 22.6 Å². The van der Waals surface area contributed by atoms with Crippen molar-refractivity contribution in [3.8, 4) is 5.69 Å². The summed E-state index contributed by atoms with van der Waals surface area (Å²) in [4.78, 5) is 28.9. The number of aliphatic imine (C=N–C) groups is 1. The summed E-state index contributed by atoms with van der Waals surface area (Å²) in [6.45, 7) is 7.42. The highest BCUT2D eigenvalue weighted by atomic mass is 19.1. The van der Waals surface area contributed by atoms with Crippen LogP contribution in [-0.4, -0.2) is 28.6 Å². The van der Waals surface area contributed by atoms with Crippen molar-refractivity contribution in [2.24, 2.45) is 10.9 Å². The van der Waals surface area contributed by atoms with Gasteiger partial charge in [0.1, 0.15) is 11.5 Å². The van der Waals surface area contributed by atoms with E-state index in [2.05, 4.69) is 4.99 Å². The molecule has 2 heterocycles. The number of ketones is 1. The molecule has 6 heteroatoms. The third-order valence-corrected chi connectivity index (χ3v) is 4.60. The van der Waals surface area contributed by atoms with Gasteiger partial charge in [0, 0.05) is 22.8 Å². The molecule has 0 aliphatic carbocycles. The minimum Gasteiger partial charge on any atom is -0.465 e. The van der Waals surface area contributed by atoms with Crippen molar-refractivity contribution in [2.75, 3.05) is 6.61 Å². The first kappa shape index (κ1) is 18.8. The molecular formula is C21H21FN2O3. The maximum absolute atomic E-state index is 13.2. The van der Waals surface area contributed by atoms with Crippen LogP contribution in [0.1, 0.15) is 30.8 Å². The van der Waals surface area contributed by atoms with Crippen LogP contribution in [0.25, 0.3) is 11.8 Å². The number of hydrogen-bond acceptors (Lipinski definition) is 4. The van der Waals surface area contributed by atoms with Gasteiger partial charge in [-0.15, -0.1) is 0 Å². The highest BCUT2D eigenvalue weighted by Crippen LogP contribution is 2.27. The van der Waals surface area contributed by atoms with Gasteiger partial charge in [-0.2, -0.15) is 0 Å². The lowest BCUT2D eigenvalue weighted by Gasteiger charge is -2.09. The average Bonchev–Trinajstić information content (AvgIpc) is 3.05. The van der Waals surface area contributed by atoms with E-state index >= 15 is 0 Å². The Bertz CT molecular complexity index is 968. The number of Topliss-reactive ketones (excluding diaryl/α,β-unsaturated/α-hetero) is 1. The topological polar surface area (TPSA) is 60.7 Å². The standard InChI is InChI=1S/C21H21FN2O3/c1-5-27-21(26)19-13(3)23-18(20(19)25)11-15-10-12(2)24(14(15)4)17-8-6-16(22)7-9-17/h6-11,19H,5H2,1-4H3/b18-11+. The molecule has 0 spiro atoms. The van der Waals surface area contributed by atoms with Crippen molar-refractivity contribution in [1.29, 1.82) is 0 Å². The number of aromatic nitrogens is 1. The molecule has 0 N–H and O–H groups in total. The fraction of sp³-hybridized carbons (Fsp3) is 0.286. The summed E-state index contributed by atoms with van der Waals surface area (Å²) in [5, 5.41) is 0. The van der Waals surface area contributed by atoms with Crippen molar-refractivity contribution >= 4 is 23.5 Å². The van der Waals surface area contributed by atoms with Gasteiger partial charge in [0.2, 0.25) is 5.78 Å². The number of hydrogen-bond donors (Lipinski definition) is 0. The van der Waals surface area contributed by atoms with E-state index in [9.17, 15) is 14.0 Å². The Labute approximate surface area is 157 Å². The number of ether oxygens (including phenoxy) is 1. The van der Waals surface area contributed by atoms with Crippen LogP contribution in [0, 0.1) is 25.6 Å². The average molecular weight is 368 g/mol. The maximum atomic E-state index is 13.2. The minimum atomic E-state index is -0.961. The molecule has 5 nitrogen and oxygen atoms in total. The number of aryl methyl sites for hydroxylation is 1. The largest absolute Gasteiger partial charge is 0.465 e. The molecule has 0 saturated carbocycles. The monoisotopic (exact) mass is 368 g/mol. The van der Waals surface area contributed by atoms with Crippen LogP contribution >= 0.6 is 0 Å². The third kappa shape index (κ3) is 3.47. The Morgan fingerprint density at radius 2 is 1.93 bits per heavy atom. The van der Waals surface area contributed by atoms with Crippen LogP contribution in [0.5, 0.6) is 0 Å². The normalized spacial score (nSPS) is 18.1. The lowest BCUT2D eigenvalue weighted by molar-refractivity contribution is -0.147. The van der Waals surface area contributed by atoms with Crippen LogP contribution in [0.15, 0.2) is 41.0 Å². The Kier molecular flexibility index (Phi) is 5.08. The molecular weight excluding hydrogens is 347 g/mol. The second kappa shape index (κ2) is 7.31. The molecule has 0 fully saturated rings. The lowest BCUT2D eigenvalue weighted by Crippen LogP contribution is -2.28. The Morgan fingerprint density at radius 3 is 2.56 bits per heavy atom. The second-order valence-corrected chi connectivity index (χ2v) is 6.47. The van der Waals surface area contributed by atoms with Crippen molar-refractivity contribution in [2.45, 2.75) is 27.7 Å². The number of carbonyl (C=O) groups is 2. The zero-order valence-corrected chi connectivity index (χ0v) is 15.7. The summed E-state index contributed by atoms with van der Waals surface area (Å²) >= 11 is 0. The van der Waals surface area contributed by atoms with Crippen LogP contribution in [0.3, 0.4) is 0 Å². The highest BCUT2D eigenvalue weighted by molar-refractivity contribution is 6.28. The van der Waals surface area contributed by atoms with Crippen LogP contribution < -0.4 is 0 Å². The number of benzene rings is 1. The van der Waals surface area contributed by atoms with Crippen molar-refractivity contribution < 1.29 is 18.7 Å². The highest BCUT2D eigenvalue weighted by Gasteiger charge is 2.38. The van der Waals surface area contributed by atoms with Crippen LogP contribution in [-0.2, 0) is 14.3 Å². The zero-order chi connectivity index (χ0) is 19.7. The minimum absolute atomic E-state index is 0.216. The summed E-state index contributed by atoms with van der Waals surface area (Å²) in [6, 6.07) is 8.15. The summed E-state index contributed by atoms with van der Waals surface area (Å²) in [5.74, 6) is -2.17. The van der Waals surface area contributed by atoms with Crippen molar-refractivity contribution in [1.82, 2.24) is 4.57 Å². The number of allylic oxidation sites excluding steroid dienone is 1. The number of halogens is 1. The molecule has 2 aromatic rings. The predicted octanol–water partition coefficient (Wildman–Crippen LogP) is 3.80. The molecule has 0 bridgehead atoms. The summed E-state index contributed by atoms with van der Waals surface area (Å²) in [6.07, 6.45) is 1.69. The summed E-state index contributed by atoms with van der Waals surface area (Å²) in [5.41, 5.74) is 4.17. The fourth-order valence-corrected chi connectivity index (χ4v) is 3.32. The molecule has 1 unspecified atom stereocenters. The lowest BCUT2D eigenvalue weighted by atomic mass is 10.0. The molecule has 1 aromatic carbocycles. The molecule has 1 aliphatic rings. The molecule has 1 aromatic heterocycles. The molecule has 3 rings (SSSR count). The van der Waals surface area contributed by atoms with Gasteiger partial charge in [-0.05, 0) is 69.7 Å². The van der Waals surface area contributed by atoms with E-state index in [1.54, 1.807) is 32.1 Å².